The van der Waals surface area contributed by atoms with E-state index in [9.17, 15) is 4.79 Å². The maximum absolute atomic E-state index is 11.6. The number of carbonyl (C=O) groups excluding carboxylic acids is 1. The molecule has 0 saturated heterocycles. The summed E-state index contributed by atoms with van der Waals surface area (Å²) in [7, 11) is 0. The third kappa shape index (κ3) is 2.83. The monoisotopic (exact) mass is 239 g/mol. The smallest absolute Gasteiger partial charge is 0.410 e. The summed E-state index contributed by atoms with van der Waals surface area (Å²) in [5.74, 6) is 0.428. The number of amides is 1. The summed E-state index contributed by atoms with van der Waals surface area (Å²) in [6, 6.07) is 12.1. The van der Waals surface area contributed by atoms with Crippen LogP contribution >= 0.6 is 0 Å². The van der Waals surface area contributed by atoms with E-state index in [1.54, 1.807) is 24.3 Å². The molecule has 0 aliphatic heterocycles. The van der Waals surface area contributed by atoms with Crippen molar-refractivity contribution in [1.82, 2.24) is 4.98 Å². The van der Waals surface area contributed by atoms with E-state index < -0.39 is 6.09 Å². The van der Waals surface area contributed by atoms with Crippen LogP contribution in [-0.4, -0.2) is 11.1 Å². The number of ether oxygens (including phenoxy) is 1. The minimum absolute atomic E-state index is 0.320. The van der Waals surface area contributed by atoms with E-state index in [4.69, 9.17) is 10.00 Å². The molecule has 0 spiro atoms. The van der Waals surface area contributed by atoms with Crippen LogP contribution in [0.3, 0.4) is 0 Å². The lowest BCUT2D eigenvalue weighted by atomic mass is 10.2. The Morgan fingerprint density at radius 2 is 2.06 bits per heavy atom. The second-order valence-corrected chi connectivity index (χ2v) is 3.36. The number of hydrogen-bond acceptors (Lipinski definition) is 4. The van der Waals surface area contributed by atoms with Crippen molar-refractivity contribution < 1.29 is 9.53 Å². The second kappa shape index (κ2) is 5.46. The first-order valence-corrected chi connectivity index (χ1v) is 5.17. The fraction of sp³-hybridized carbons (Fsp3) is 0. The molecule has 1 N–H and O–H groups in total. The molecular weight excluding hydrogens is 230 g/mol. The fourth-order valence-corrected chi connectivity index (χ4v) is 1.32. The van der Waals surface area contributed by atoms with Crippen molar-refractivity contribution in [2.75, 3.05) is 5.32 Å². The summed E-state index contributed by atoms with van der Waals surface area (Å²) in [4.78, 5) is 15.4. The van der Waals surface area contributed by atoms with Gasteiger partial charge in [0.2, 0.25) is 0 Å². The van der Waals surface area contributed by atoms with Crippen LogP contribution in [0.1, 0.15) is 5.56 Å². The SMILES string of the molecule is N#Cc1ccncc1NC(=O)Oc1ccccc1. The minimum Gasteiger partial charge on any atom is -0.410 e. The standard InChI is InChI=1S/C13H9N3O2/c14-8-10-6-7-15-9-12(10)16-13(17)18-11-4-2-1-3-5-11/h1-7,9H,(H,16,17). The zero-order chi connectivity index (χ0) is 12.8. The van der Waals surface area contributed by atoms with Gasteiger partial charge in [-0.25, -0.2) is 4.79 Å². The molecule has 5 nitrogen and oxygen atoms in total. The normalized spacial score (nSPS) is 9.28. The molecule has 5 heteroatoms. The van der Waals surface area contributed by atoms with Gasteiger partial charge in [0.05, 0.1) is 17.4 Å². The van der Waals surface area contributed by atoms with Gasteiger partial charge in [0, 0.05) is 6.20 Å². The molecule has 2 rings (SSSR count). The van der Waals surface area contributed by atoms with E-state index in [2.05, 4.69) is 10.3 Å². The molecule has 1 aromatic heterocycles. The number of para-hydroxylation sites is 1. The predicted octanol–water partition coefficient (Wildman–Crippen LogP) is 2.56. The highest BCUT2D eigenvalue weighted by Gasteiger charge is 2.08. The summed E-state index contributed by atoms with van der Waals surface area (Å²) in [5.41, 5.74) is 0.649. The summed E-state index contributed by atoms with van der Waals surface area (Å²) >= 11 is 0. The molecule has 18 heavy (non-hydrogen) atoms. The molecule has 0 unspecified atom stereocenters. The summed E-state index contributed by atoms with van der Waals surface area (Å²) in [5, 5.41) is 11.3. The Morgan fingerprint density at radius 3 is 2.78 bits per heavy atom. The zero-order valence-electron chi connectivity index (χ0n) is 9.33. The topological polar surface area (TPSA) is 75.0 Å². The van der Waals surface area contributed by atoms with Crippen molar-refractivity contribution in [3.05, 3.63) is 54.4 Å². The summed E-state index contributed by atoms with van der Waals surface area (Å²) < 4.78 is 5.03. The molecule has 0 fully saturated rings. The number of hydrogen-bond donors (Lipinski definition) is 1. The molecule has 1 amide bonds. The van der Waals surface area contributed by atoms with Gasteiger partial charge in [-0.3, -0.25) is 10.3 Å². The Bertz CT molecular complexity index is 591. The lowest BCUT2D eigenvalue weighted by molar-refractivity contribution is 0.215. The maximum Gasteiger partial charge on any atom is 0.417 e. The molecule has 0 saturated carbocycles. The molecule has 0 atom stereocenters. The molecule has 0 bridgehead atoms. The number of nitrogens with one attached hydrogen (secondary N) is 1. The van der Waals surface area contributed by atoms with Gasteiger partial charge < -0.3 is 4.74 Å². The van der Waals surface area contributed by atoms with Crippen LogP contribution < -0.4 is 10.1 Å². The first-order valence-electron chi connectivity index (χ1n) is 5.17. The summed E-state index contributed by atoms with van der Waals surface area (Å²) in [6.45, 7) is 0. The number of anilines is 1. The van der Waals surface area contributed by atoms with Crippen LogP contribution in [0.4, 0.5) is 10.5 Å². The van der Waals surface area contributed by atoms with Crippen LogP contribution in [0.25, 0.3) is 0 Å². The molecule has 2 aromatic rings. The predicted molar refractivity (Wildman–Crippen MR) is 65.0 cm³/mol. The number of nitrogens with zero attached hydrogens (tertiary/aromatic N) is 2. The van der Waals surface area contributed by atoms with Crippen LogP contribution in [-0.2, 0) is 0 Å². The zero-order valence-corrected chi connectivity index (χ0v) is 9.33. The van der Waals surface area contributed by atoms with Gasteiger partial charge in [-0.2, -0.15) is 5.26 Å². The van der Waals surface area contributed by atoms with Crippen molar-refractivity contribution in [1.29, 1.82) is 5.26 Å². The molecule has 0 aliphatic rings. The van der Waals surface area contributed by atoms with Gasteiger partial charge in [-0.1, -0.05) is 18.2 Å². The molecule has 88 valence electrons. The van der Waals surface area contributed by atoms with Gasteiger partial charge in [0.15, 0.2) is 0 Å². The average molecular weight is 239 g/mol. The number of carbonyl (C=O) groups is 1. The number of rotatable bonds is 2. The number of aromatic nitrogens is 1. The number of pyridine rings is 1. The summed E-state index contributed by atoms with van der Waals surface area (Å²) in [6.07, 6.45) is 2.21. The van der Waals surface area contributed by atoms with Gasteiger partial charge >= 0.3 is 6.09 Å². The molecule has 0 radical (unpaired) electrons. The Hall–Kier alpha value is -2.87. The first kappa shape index (κ1) is 11.6. The average Bonchev–Trinajstić information content (AvgIpc) is 2.40. The van der Waals surface area contributed by atoms with Crippen molar-refractivity contribution in [3.8, 4) is 11.8 Å². The number of benzene rings is 1. The van der Waals surface area contributed by atoms with Crippen LogP contribution in [0.5, 0.6) is 5.75 Å². The van der Waals surface area contributed by atoms with Gasteiger partial charge in [0.25, 0.3) is 0 Å². The number of nitriles is 1. The molecular formula is C13H9N3O2. The van der Waals surface area contributed by atoms with Crippen molar-refractivity contribution in [2.45, 2.75) is 0 Å². The van der Waals surface area contributed by atoms with E-state index in [0.717, 1.165) is 0 Å². The van der Waals surface area contributed by atoms with Crippen molar-refractivity contribution >= 4 is 11.8 Å². The lowest BCUT2D eigenvalue weighted by Crippen LogP contribution is -2.17. The molecule has 1 heterocycles. The van der Waals surface area contributed by atoms with E-state index in [-0.39, 0.29) is 0 Å². The van der Waals surface area contributed by atoms with Crippen LogP contribution in [0.2, 0.25) is 0 Å². The fourth-order valence-electron chi connectivity index (χ4n) is 1.32. The Balaban J connectivity index is 2.06. The van der Waals surface area contributed by atoms with Crippen molar-refractivity contribution in [3.63, 3.8) is 0 Å². The molecule has 0 aliphatic carbocycles. The van der Waals surface area contributed by atoms with E-state index in [0.29, 0.717) is 17.0 Å². The minimum atomic E-state index is -0.661. The largest absolute Gasteiger partial charge is 0.417 e. The quantitative estimate of drug-likeness (QED) is 0.873. The third-order valence-corrected chi connectivity index (χ3v) is 2.13. The Morgan fingerprint density at radius 1 is 1.28 bits per heavy atom. The first-order chi connectivity index (χ1) is 8.79. The molecule has 1 aromatic carbocycles. The van der Waals surface area contributed by atoms with Gasteiger partial charge in [0.1, 0.15) is 11.8 Å². The van der Waals surface area contributed by atoms with Crippen LogP contribution in [0, 0.1) is 11.3 Å². The highest BCUT2D eigenvalue weighted by molar-refractivity contribution is 5.87. The Labute approximate surface area is 104 Å². The maximum atomic E-state index is 11.6. The van der Waals surface area contributed by atoms with Gasteiger partial charge in [-0.15, -0.1) is 0 Å². The van der Waals surface area contributed by atoms with Crippen LogP contribution in [0.15, 0.2) is 48.8 Å². The van der Waals surface area contributed by atoms with Gasteiger partial charge in [-0.05, 0) is 18.2 Å². The van der Waals surface area contributed by atoms with Crippen molar-refractivity contribution in [2.24, 2.45) is 0 Å². The highest BCUT2D eigenvalue weighted by Crippen LogP contribution is 2.14. The lowest BCUT2D eigenvalue weighted by Gasteiger charge is -2.06. The van der Waals surface area contributed by atoms with E-state index >= 15 is 0 Å². The van der Waals surface area contributed by atoms with E-state index in [1.807, 2.05) is 12.1 Å². The second-order valence-electron chi connectivity index (χ2n) is 3.36. The Kier molecular flexibility index (Phi) is 3.52. The highest BCUT2D eigenvalue weighted by atomic mass is 16.6. The third-order valence-electron chi connectivity index (χ3n) is 2.13. The van der Waals surface area contributed by atoms with E-state index in [1.165, 1.54) is 18.5 Å².